The van der Waals surface area contributed by atoms with Gasteiger partial charge in [-0.3, -0.25) is 0 Å². The smallest absolute Gasteiger partial charge is 0.0443 e. The second-order valence-corrected chi connectivity index (χ2v) is 6.53. The van der Waals surface area contributed by atoms with Gasteiger partial charge in [0.15, 0.2) is 0 Å². The van der Waals surface area contributed by atoms with E-state index in [0.29, 0.717) is 0 Å². The van der Waals surface area contributed by atoms with E-state index in [4.69, 9.17) is 5.11 Å². The van der Waals surface area contributed by atoms with Crippen molar-refractivity contribution in [2.45, 2.75) is 44.6 Å². The van der Waals surface area contributed by atoms with Crippen molar-refractivity contribution in [2.24, 2.45) is 0 Å². The highest BCUT2D eigenvalue weighted by atomic mass is 16.3. The van der Waals surface area contributed by atoms with Crippen molar-refractivity contribution in [1.29, 1.82) is 0 Å². The van der Waals surface area contributed by atoms with E-state index in [-0.39, 0.29) is 12.0 Å². The lowest BCUT2D eigenvalue weighted by atomic mass is 9.81. The average Bonchev–Trinajstić information content (AvgIpc) is 3.35. The van der Waals surface area contributed by atoms with Crippen molar-refractivity contribution >= 4 is 0 Å². The van der Waals surface area contributed by atoms with Crippen LogP contribution >= 0.6 is 0 Å². The van der Waals surface area contributed by atoms with Crippen LogP contribution in [0.25, 0.3) is 0 Å². The van der Waals surface area contributed by atoms with Gasteiger partial charge in [-0.25, -0.2) is 0 Å². The first-order chi connectivity index (χ1) is 10.2. The van der Waals surface area contributed by atoms with Crippen LogP contribution in [0.2, 0.25) is 0 Å². The zero-order valence-electron chi connectivity index (χ0n) is 13.5. The van der Waals surface area contributed by atoms with Gasteiger partial charge >= 0.3 is 0 Å². The Hall–Kier alpha value is -0.900. The average molecular weight is 290 g/mol. The molecule has 0 heterocycles. The molecule has 1 aromatic carbocycles. The molecule has 1 atom stereocenters. The van der Waals surface area contributed by atoms with Gasteiger partial charge in [0.2, 0.25) is 0 Å². The Morgan fingerprint density at radius 2 is 2.00 bits per heavy atom. The largest absolute Gasteiger partial charge is 0.396 e. The summed E-state index contributed by atoms with van der Waals surface area (Å²) in [6.07, 6.45) is 3.51. The number of rotatable bonds is 10. The third kappa shape index (κ3) is 5.10. The molecule has 0 amide bonds. The molecule has 0 aliphatic heterocycles. The number of nitrogens with zero attached hydrogens (tertiary/aromatic N) is 1. The Kier molecular flexibility index (Phi) is 6.22. The lowest BCUT2D eigenvalue weighted by molar-refractivity contribution is 0.194. The zero-order chi connectivity index (χ0) is 15.1. The molecule has 2 rings (SSSR count). The maximum Gasteiger partial charge on any atom is 0.0443 e. The van der Waals surface area contributed by atoms with Crippen molar-refractivity contribution in [3.8, 4) is 0 Å². The summed E-state index contributed by atoms with van der Waals surface area (Å²) < 4.78 is 0. The predicted molar refractivity (Wildman–Crippen MR) is 88.6 cm³/mol. The highest BCUT2D eigenvalue weighted by molar-refractivity contribution is 5.26. The van der Waals surface area contributed by atoms with Gasteiger partial charge in [0, 0.05) is 37.7 Å². The van der Waals surface area contributed by atoms with Crippen molar-refractivity contribution in [1.82, 2.24) is 10.2 Å². The molecule has 0 spiro atoms. The Morgan fingerprint density at radius 1 is 1.29 bits per heavy atom. The number of hydrogen-bond donors (Lipinski definition) is 2. The molecule has 1 fully saturated rings. The maximum absolute atomic E-state index is 9.07. The Morgan fingerprint density at radius 3 is 2.57 bits per heavy atom. The second-order valence-electron chi connectivity index (χ2n) is 6.53. The van der Waals surface area contributed by atoms with Gasteiger partial charge in [-0.1, -0.05) is 44.2 Å². The van der Waals surface area contributed by atoms with E-state index >= 15 is 0 Å². The molecule has 1 aromatic rings. The van der Waals surface area contributed by atoms with Gasteiger partial charge in [-0.2, -0.15) is 0 Å². The molecule has 0 aromatic heterocycles. The standard InChI is InChI=1S/C18H30N2O/c1-3-20(12-7-13-21)15-18(2,14-19-17-10-11-17)16-8-5-4-6-9-16/h4-6,8-9,17,19,21H,3,7,10-15H2,1-2H3. The third-order valence-electron chi connectivity index (χ3n) is 4.48. The Labute approximate surface area is 129 Å². The molecule has 118 valence electrons. The Balaban J connectivity index is 2.06. The summed E-state index contributed by atoms with van der Waals surface area (Å²) in [6.45, 7) is 8.91. The summed E-state index contributed by atoms with van der Waals surface area (Å²) in [5, 5.41) is 12.8. The van der Waals surface area contributed by atoms with Gasteiger partial charge in [-0.05, 0) is 31.4 Å². The van der Waals surface area contributed by atoms with Crippen LogP contribution in [0.15, 0.2) is 30.3 Å². The summed E-state index contributed by atoms with van der Waals surface area (Å²) in [6, 6.07) is 11.6. The fraction of sp³-hybridized carbons (Fsp3) is 0.667. The van der Waals surface area contributed by atoms with Crippen molar-refractivity contribution in [2.75, 3.05) is 32.8 Å². The minimum absolute atomic E-state index is 0.120. The molecule has 1 unspecified atom stereocenters. The molecule has 1 saturated carbocycles. The highest BCUT2D eigenvalue weighted by Gasteiger charge is 2.31. The molecule has 3 nitrogen and oxygen atoms in total. The number of likely N-dealkylation sites (N-methyl/N-ethyl adjacent to an activating group) is 1. The summed E-state index contributed by atoms with van der Waals surface area (Å²) >= 11 is 0. The van der Waals surface area contributed by atoms with E-state index in [1.807, 2.05) is 0 Å². The minimum atomic E-state index is 0.120. The van der Waals surface area contributed by atoms with Gasteiger partial charge < -0.3 is 15.3 Å². The second kappa shape index (κ2) is 7.92. The van der Waals surface area contributed by atoms with Crippen LogP contribution in [0.5, 0.6) is 0 Å². The van der Waals surface area contributed by atoms with Crippen LogP contribution in [0.3, 0.4) is 0 Å². The van der Waals surface area contributed by atoms with E-state index in [1.54, 1.807) is 0 Å². The molecular formula is C18H30N2O. The van der Waals surface area contributed by atoms with Crippen LogP contribution in [-0.2, 0) is 5.41 Å². The van der Waals surface area contributed by atoms with Gasteiger partial charge in [0.25, 0.3) is 0 Å². The summed E-state index contributed by atoms with van der Waals surface area (Å²) in [7, 11) is 0. The van der Waals surface area contributed by atoms with E-state index in [0.717, 1.165) is 38.6 Å². The highest BCUT2D eigenvalue weighted by Crippen LogP contribution is 2.27. The lowest BCUT2D eigenvalue weighted by Gasteiger charge is -2.36. The number of aliphatic hydroxyl groups excluding tert-OH is 1. The first kappa shape index (κ1) is 16.5. The molecular weight excluding hydrogens is 260 g/mol. The van der Waals surface area contributed by atoms with Crippen LogP contribution in [0, 0.1) is 0 Å². The van der Waals surface area contributed by atoms with Crippen molar-refractivity contribution < 1.29 is 5.11 Å². The first-order valence-electron chi connectivity index (χ1n) is 8.30. The van der Waals surface area contributed by atoms with Crippen LogP contribution in [0.1, 0.15) is 38.7 Å². The molecule has 21 heavy (non-hydrogen) atoms. The molecule has 0 saturated heterocycles. The maximum atomic E-state index is 9.07. The molecule has 3 heteroatoms. The van der Waals surface area contributed by atoms with Crippen LogP contribution in [0.4, 0.5) is 0 Å². The fourth-order valence-corrected chi connectivity index (χ4v) is 2.88. The quantitative estimate of drug-likeness (QED) is 0.694. The van der Waals surface area contributed by atoms with E-state index in [9.17, 15) is 0 Å². The SMILES string of the molecule is CCN(CCCO)CC(C)(CNC1CC1)c1ccccc1. The van der Waals surface area contributed by atoms with Gasteiger partial charge in [-0.15, -0.1) is 0 Å². The van der Waals surface area contributed by atoms with Gasteiger partial charge in [0.1, 0.15) is 0 Å². The molecule has 1 aliphatic carbocycles. The van der Waals surface area contributed by atoms with Crippen molar-refractivity contribution in [3.63, 3.8) is 0 Å². The molecule has 2 N–H and O–H groups in total. The number of nitrogens with one attached hydrogen (secondary N) is 1. The van der Waals surface area contributed by atoms with E-state index in [1.165, 1.54) is 18.4 Å². The molecule has 1 aliphatic rings. The zero-order valence-corrected chi connectivity index (χ0v) is 13.5. The molecule has 0 radical (unpaired) electrons. The molecule has 0 bridgehead atoms. The number of hydrogen-bond acceptors (Lipinski definition) is 3. The Bertz CT molecular complexity index is 405. The number of benzene rings is 1. The minimum Gasteiger partial charge on any atom is -0.396 e. The van der Waals surface area contributed by atoms with Crippen LogP contribution < -0.4 is 5.32 Å². The normalized spacial score (nSPS) is 17.9. The van der Waals surface area contributed by atoms with Gasteiger partial charge in [0.05, 0.1) is 0 Å². The van der Waals surface area contributed by atoms with E-state index in [2.05, 4.69) is 54.4 Å². The third-order valence-corrected chi connectivity index (χ3v) is 4.48. The topological polar surface area (TPSA) is 35.5 Å². The summed E-state index contributed by atoms with van der Waals surface area (Å²) in [5.74, 6) is 0. The lowest BCUT2D eigenvalue weighted by Crippen LogP contribution is -2.46. The number of aliphatic hydroxyl groups is 1. The van der Waals surface area contributed by atoms with Crippen molar-refractivity contribution in [3.05, 3.63) is 35.9 Å². The summed E-state index contributed by atoms with van der Waals surface area (Å²) in [4.78, 5) is 2.46. The van der Waals surface area contributed by atoms with E-state index < -0.39 is 0 Å². The first-order valence-corrected chi connectivity index (χ1v) is 8.30. The van der Waals surface area contributed by atoms with Crippen LogP contribution in [-0.4, -0.2) is 48.8 Å². The fourth-order valence-electron chi connectivity index (χ4n) is 2.88. The summed E-state index contributed by atoms with van der Waals surface area (Å²) in [5.41, 5.74) is 1.52. The predicted octanol–water partition coefficient (Wildman–Crippen LogP) is 2.40. The monoisotopic (exact) mass is 290 g/mol.